The van der Waals surface area contributed by atoms with Crippen LogP contribution < -0.4 is 5.32 Å². The maximum atomic E-state index is 12.0. The predicted molar refractivity (Wildman–Crippen MR) is 242 cm³/mol. The van der Waals surface area contributed by atoms with Crippen molar-refractivity contribution in [1.29, 1.82) is 0 Å². The van der Waals surface area contributed by atoms with Crippen LogP contribution in [-0.4, -0.2) is 80.1 Å². The highest BCUT2D eigenvalue weighted by Gasteiger charge is 2.67. The summed E-state index contributed by atoms with van der Waals surface area (Å²) in [6, 6.07) is 0. The number of hydrogen-bond acceptors (Lipinski definition) is 7. The largest absolute Gasteiger partial charge is 0.481 e. The smallest absolute Gasteiger partial charge is 0.303 e. The molecule has 62 heavy (non-hydrogen) atoms. The van der Waals surface area contributed by atoms with Crippen LogP contribution >= 0.6 is 0 Å². The summed E-state index contributed by atoms with van der Waals surface area (Å²) in [6.07, 6.45) is 18.6. The van der Waals surface area contributed by atoms with Crippen LogP contribution in [0, 0.1) is 105 Å². The molecule has 7 N–H and O–H groups in total. The molecule has 8 aliphatic rings. The van der Waals surface area contributed by atoms with Crippen LogP contribution in [0.1, 0.15) is 176 Å². The van der Waals surface area contributed by atoms with Crippen LogP contribution in [0.3, 0.4) is 0 Å². The fourth-order valence-corrected chi connectivity index (χ4v) is 19.1. The molecule has 8 fully saturated rings. The molecular weight excluding hydrogens is 779 g/mol. The molecule has 9 heteroatoms. The molecule has 0 spiro atoms. The number of rotatable bonds is 15. The summed E-state index contributed by atoms with van der Waals surface area (Å²) in [6.45, 7) is 16.0. The van der Waals surface area contributed by atoms with Crippen molar-refractivity contribution in [3.8, 4) is 0 Å². The summed E-state index contributed by atoms with van der Waals surface area (Å²) in [7, 11) is 0. The monoisotopic (exact) mass is 868 g/mol. The van der Waals surface area contributed by atoms with Gasteiger partial charge in [-0.3, -0.25) is 9.59 Å². The van der Waals surface area contributed by atoms with Gasteiger partial charge in [-0.05, 0) is 240 Å². The van der Waals surface area contributed by atoms with Crippen molar-refractivity contribution < 1.29 is 40.2 Å². The zero-order valence-corrected chi connectivity index (χ0v) is 39.7. The third kappa shape index (κ3) is 8.07. The van der Waals surface area contributed by atoms with E-state index in [0.717, 1.165) is 64.5 Å². The Hall–Kier alpha value is -1.26. The van der Waals surface area contributed by atoms with Gasteiger partial charge in [-0.15, -0.1) is 0 Å². The lowest BCUT2D eigenvalue weighted by molar-refractivity contribution is -0.204. The summed E-state index contributed by atoms with van der Waals surface area (Å²) in [4.78, 5) is 22.7. The van der Waals surface area contributed by atoms with E-state index in [2.05, 4.69) is 46.9 Å². The molecule has 9 nitrogen and oxygen atoms in total. The fraction of sp³-hybridized carbons (Fsp3) is 0.962. The van der Waals surface area contributed by atoms with Gasteiger partial charge in [-0.1, -0.05) is 41.5 Å². The van der Waals surface area contributed by atoms with E-state index < -0.39 is 24.1 Å². The van der Waals surface area contributed by atoms with Gasteiger partial charge in [0.25, 0.3) is 0 Å². The predicted octanol–water partition coefficient (Wildman–Crippen LogP) is 9.18. The van der Waals surface area contributed by atoms with E-state index in [1.54, 1.807) is 0 Å². The summed E-state index contributed by atoms with van der Waals surface area (Å²) in [5, 5.41) is 70.3. The first-order chi connectivity index (χ1) is 29.3. The molecule has 22 atom stereocenters. The Morgan fingerprint density at radius 3 is 1.44 bits per heavy atom. The van der Waals surface area contributed by atoms with Crippen molar-refractivity contribution in [3.05, 3.63) is 0 Å². The minimum Gasteiger partial charge on any atom is -0.481 e. The van der Waals surface area contributed by atoms with E-state index in [-0.39, 0.29) is 70.4 Å². The number of nitrogens with one attached hydrogen (secondary N) is 1. The number of aliphatic hydroxyl groups excluding tert-OH is 4. The molecule has 8 aliphatic carbocycles. The van der Waals surface area contributed by atoms with Crippen molar-refractivity contribution in [1.82, 2.24) is 5.32 Å². The zero-order valence-electron chi connectivity index (χ0n) is 39.7. The minimum atomic E-state index is -0.740. The molecule has 0 heterocycles. The molecule has 354 valence electrons. The number of carbonyl (C=O) groups is 2. The highest BCUT2D eigenvalue weighted by atomic mass is 16.4. The van der Waals surface area contributed by atoms with Crippen molar-refractivity contribution in [2.24, 2.45) is 105 Å². The first-order valence-corrected chi connectivity index (χ1v) is 26.2. The van der Waals surface area contributed by atoms with Crippen LogP contribution in [0.4, 0.5) is 0 Å². The average molecular weight is 868 g/mol. The number of aliphatic carboxylic acids is 2. The van der Waals surface area contributed by atoms with Gasteiger partial charge in [-0.2, -0.15) is 0 Å². The van der Waals surface area contributed by atoms with Crippen molar-refractivity contribution in [2.75, 3.05) is 13.1 Å². The second-order valence-electron chi connectivity index (χ2n) is 25.0. The number of carboxylic acids is 2. The van der Waals surface area contributed by atoms with Gasteiger partial charge in [0.15, 0.2) is 0 Å². The van der Waals surface area contributed by atoms with E-state index in [4.69, 9.17) is 0 Å². The Morgan fingerprint density at radius 2 is 1.00 bits per heavy atom. The van der Waals surface area contributed by atoms with Crippen molar-refractivity contribution in [2.45, 2.75) is 201 Å². The molecule has 0 radical (unpaired) electrons. The topological polar surface area (TPSA) is 168 Å². The van der Waals surface area contributed by atoms with E-state index in [1.807, 2.05) is 0 Å². The lowest BCUT2D eigenvalue weighted by atomic mass is 9.42. The fourth-order valence-electron chi connectivity index (χ4n) is 19.1. The number of carboxylic acid groups (broad SMARTS) is 2. The maximum Gasteiger partial charge on any atom is 0.303 e. The average Bonchev–Trinajstić information content (AvgIpc) is 3.77. The Bertz CT molecular complexity index is 1480. The normalized spacial score (nSPS) is 50.5. The van der Waals surface area contributed by atoms with Gasteiger partial charge in [0, 0.05) is 12.8 Å². The van der Waals surface area contributed by atoms with Crippen LogP contribution in [0.2, 0.25) is 0 Å². The first kappa shape index (κ1) is 47.2. The van der Waals surface area contributed by atoms with Gasteiger partial charge < -0.3 is 36.0 Å². The lowest BCUT2D eigenvalue weighted by Gasteiger charge is -2.64. The van der Waals surface area contributed by atoms with Gasteiger partial charge in [0.2, 0.25) is 0 Å². The van der Waals surface area contributed by atoms with Crippen LogP contribution in [0.5, 0.6) is 0 Å². The van der Waals surface area contributed by atoms with E-state index in [1.165, 1.54) is 57.8 Å². The number of hydrogen-bond donors (Lipinski definition) is 7. The molecule has 0 aromatic rings. The number of fused-ring (bicyclic) bond motifs is 10. The van der Waals surface area contributed by atoms with Crippen LogP contribution in [0.15, 0.2) is 0 Å². The molecule has 18 unspecified atom stereocenters. The molecule has 0 aliphatic heterocycles. The highest BCUT2D eigenvalue weighted by molar-refractivity contribution is 5.66. The molecular formula is C53H89NO8. The molecule has 8 saturated carbocycles. The molecule has 0 aromatic carbocycles. The Kier molecular flexibility index (Phi) is 13.8. The quantitative estimate of drug-likeness (QED) is 0.0795. The van der Waals surface area contributed by atoms with Gasteiger partial charge in [0.1, 0.15) is 0 Å². The highest BCUT2D eigenvalue weighted by Crippen LogP contribution is 2.71. The van der Waals surface area contributed by atoms with Crippen LogP contribution in [-0.2, 0) is 9.59 Å². The Balaban J connectivity index is 0.780. The summed E-state index contributed by atoms with van der Waals surface area (Å²) < 4.78 is 0. The summed E-state index contributed by atoms with van der Waals surface area (Å²) in [5.74, 6) is 3.84. The van der Waals surface area contributed by atoms with E-state index >= 15 is 0 Å². The Labute approximate surface area is 374 Å². The molecule has 0 amide bonds. The van der Waals surface area contributed by atoms with Gasteiger partial charge in [0.05, 0.1) is 24.4 Å². The SMILES string of the molecule is CC(CCC(=O)O)C1CCC2C3C(C[C@H](O)C12C)C1(C)CCC(CCCNCCC2CCC4(C)C(C2)C[C@@H](O)C2C4C[C@H](O)C4(C)C(C(C)CCC(=O)O)CCC24)CC1C[C@H]3O. The van der Waals surface area contributed by atoms with Gasteiger partial charge >= 0.3 is 11.9 Å². The van der Waals surface area contributed by atoms with Crippen molar-refractivity contribution in [3.63, 3.8) is 0 Å². The minimum absolute atomic E-state index is 0.161. The molecule has 0 bridgehead atoms. The van der Waals surface area contributed by atoms with E-state index in [9.17, 15) is 40.2 Å². The number of aliphatic hydroxyl groups is 4. The summed E-state index contributed by atoms with van der Waals surface area (Å²) >= 11 is 0. The maximum absolute atomic E-state index is 12.0. The Morgan fingerprint density at radius 1 is 0.565 bits per heavy atom. The van der Waals surface area contributed by atoms with E-state index in [0.29, 0.717) is 72.0 Å². The second-order valence-corrected chi connectivity index (χ2v) is 25.0. The third-order valence-corrected chi connectivity index (χ3v) is 22.6. The van der Waals surface area contributed by atoms with Crippen LogP contribution in [0.25, 0.3) is 0 Å². The van der Waals surface area contributed by atoms with Gasteiger partial charge in [-0.25, -0.2) is 0 Å². The summed E-state index contributed by atoms with van der Waals surface area (Å²) in [5.41, 5.74) is -0.169. The lowest BCUT2D eigenvalue weighted by Crippen LogP contribution is -2.62. The second kappa shape index (κ2) is 18.1. The molecule has 8 rings (SSSR count). The standard InChI is InChI=1S/C53H89NO8/c1-30(9-15-46(59)60)36-11-13-38-48-40(28-44(57)52(36,38)5)50(3)20-17-32(24-34(50)26-42(48)55)8-7-22-54-23-19-33-18-21-51(4)35(25-33)27-43(56)49-39-14-12-37(31(2)10-16-47(61)62)53(39,6)45(58)29-41(49)51/h30-45,48-49,54-58H,7-29H2,1-6H3,(H,59,60)(H,61,62)/t30?,31?,32?,33?,34?,35?,36?,37?,38?,39?,40?,41?,42-,43-,44+,45+,48?,49?,50?,51?,52?,53?/m1/s1. The third-order valence-electron chi connectivity index (χ3n) is 22.6. The first-order valence-electron chi connectivity index (χ1n) is 26.2. The zero-order chi connectivity index (χ0) is 44.5. The molecule has 0 saturated heterocycles. The molecule has 0 aromatic heterocycles. The van der Waals surface area contributed by atoms with Crippen molar-refractivity contribution >= 4 is 11.9 Å².